The van der Waals surface area contributed by atoms with E-state index in [1.165, 1.54) is 4.88 Å². The first kappa shape index (κ1) is 9.74. The standard InChI is InChI=1S/C8H9BrO2S/c9-7-5-4-6(12-7)2-1-3-8(10)11/h4-5H,1-3H2,(H,10,11). The maximum absolute atomic E-state index is 10.2. The van der Waals surface area contributed by atoms with Crippen molar-refractivity contribution in [3.05, 3.63) is 20.8 Å². The molecule has 1 aromatic rings. The van der Waals surface area contributed by atoms with Gasteiger partial charge in [0.1, 0.15) is 0 Å². The second-order valence-corrected chi connectivity index (χ2v) is 5.00. The third-order valence-corrected chi connectivity index (χ3v) is 3.13. The SMILES string of the molecule is O=C(O)CCCc1ccc(Br)s1. The fraction of sp³-hybridized carbons (Fsp3) is 0.375. The van der Waals surface area contributed by atoms with Gasteiger partial charge in [-0.15, -0.1) is 11.3 Å². The molecule has 1 rings (SSSR count). The summed E-state index contributed by atoms with van der Waals surface area (Å²) in [7, 11) is 0. The molecule has 2 nitrogen and oxygen atoms in total. The Morgan fingerprint density at radius 1 is 1.58 bits per heavy atom. The first-order valence-electron chi connectivity index (χ1n) is 3.64. The highest BCUT2D eigenvalue weighted by atomic mass is 79.9. The van der Waals surface area contributed by atoms with Gasteiger partial charge in [0.05, 0.1) is 3.79 Å². The Morgan fingerprint density at radius 2 is 2.33 bits per heavy atom. The summed E-state index contributed by atoms with van der Waals surface area (Å²) < 4.78 is 1.10. The van der Waals surface area contributed by atoms with Crippen molar-refractivity contribution in [3.63, 3.8) is 0 Å². The number of hydrogen-bond acceptors (Lipinski definition) is 2. The Morgan fingerprint density at radius 3 is 2.83 bits per heavy atom. The van der Waals surface area contributed by atoms with Gasteiger partial charge >= 0.3 is 5.97 Å². The smallest absolute Gasteiger partial charge is 0.303 e. The zero-order valence-electron chi connectivity index (χ0n) is 6.42. The number of carboxylic acid groups (broad SMARTS) is 1. The summed E-state index contributed by atoms with van der Waals surface area (Å²) in [5.74, 6) is -0.717. The third-order valence-electron chi connectivity index (χ3n) is 1.44. The molecule has 0 aromatic carbocycles. The second kappa shape index (κ2) is 4.62. The molecule has 0 bridgehead atoms. The lowest BCUT2D eigenvalue weighted by Gasteiger charge is -1.92. The highest BCUT2D eigenvalue weighted by molar-refractivity contribution is 9.11. The van der Waals surface area contributed by atoms with Crippen molar-refractivity contribution in [1.29, 1.82) is 0 Å². The molecule has 66 valence electrons. The van der Waals surface area contributed by atoms with Crippen molar-refractivity contribution in [1.82, 2.24) is 0 Å². The summed E-state index contributed by atoms with van der Waals surface area (Å²) in [5, 5.41) is 8.39. The average Bonchev–Trinajstić information content (AvgIpc) is 2.35. The normalized spacial score (nSPS) is 10.1. The summed E-state index contributed by atoms with van der Waals surface area (Å²) in [5.41, 5.74) is 0. The van der Waals surface area contributed by atoms with Crippen LogP contribution in [-0.2, 0) is 11.2 Å². The maximum Gasteiger partial charge on any atom is 0.303 e. The summed E-state index contributed by atoms with van der Waals surface area (Å²) in [4.78, 5) is 11.4. The van der Waals surface area contributed by atoms with E-state index in [1.807, 2.05) is 12.1 Å². The minimum Gasteiger partial charge on any atom is -0.481 e. The molecule has 1 N–H and O–H groups in total. The van der Waals surface area contributed by atoms with Gasteiger partial charge in [-0.2, -0.15) is 0 Å². The fourth-order valence-electron chi connectivity index (χ4n) is 0.900. The Balaban J connectivity index is 2.29. The van der Waals surface area contributed by atoms with Crippen LogP contribution in [0.4, 0.5) is 0 Å². The molecule has 0 spiro atoms. The van der Waals surface area contributed by atoms with E-state index in [9.17, 15) is 4.79 Å². The largest absolute Gasteiger partial charge is 0.481 e. The van der Waals surface area contributed by atoms with Crippen LogP contribution in [0.2, 0.25) is 0 Å². The predicted molar refractivity (Wildman–Crippen MR) is 52.6 cm³/mol. The molecule has 0 amide bonds. The number of thiophene rings is 1. The number of carbonyl (C=O) groups is 1. The molecule has 0 radical (unpaired) electrons. The third kappa shape index (κ3) is 3.36. The second-order valence-electron chi connectivity index (χ2n) is 2.45. The van der Waals surface area contributed by atoms with Crippen LogP contribution in [0.3, 0.4) is 0 Å². The average molecular weight is 249 g/mol. The molecule has 0 aliphatic rings. The van der Waals surface area contributed by atoms with Crippen LogP contribution in [0.15, 0.2) is 15.9 Å². The minimum atomic E-state index is -0.717. The van der Waals surface area contributed by atoms with E-state index in [0.717, 1.165) is 16.6 Å². The van der Waals surface area contributed by atoms with Crippen LogP contribution in [0.25, 0.3) is 0 Å². The van der Waals surface area contributed by atoms with Gasteiger partial charge in [-0.3, -0.25) is 4.79 Å². The van der Waals surface area contributed by atoms with Gasteiger partial charge in [0.15, 0.2) is 0 Å². The molecule has 0 unspecified atom stereocenters. The van der Waals surface area contributed by atoms with Gasteiger partial charge < -0.3 is 5.11 Å². The van der Waals surface area contributed by atoms with Crippen LogP contribution in [0.5, 0.6) is 0 Å². The molecule has 0 aliphatic carbocycles. The summed E-state index contributed by atoms with van der Waals surface area (Å²) in [6.07, 6.45) is 1.85. The highest BCUT2D eigenvalue weighted by Gasteiger charge is 2.00. The molecule has 12 heavy (non-hydrogen) atoms. The quantitative estimate of drug-likeness (QED) is 0.890. The zero-order chi connectivity index (χ0) is 8.97. The summed E-state index contributed by atoms with van der Waals surface area (Å²) >= 11 is 5.02. The van der Waals surface area contributed by atoms with Crippen molar-refractivity contribution in [2.45, 2.75) is 19.3 Å². The van der Waals surface area contributed by atoms with E-state index in [4.69, 9.17) is 5.11 Å². The van der Waals surface area contributed by atoms with Crippen molar-refractivity contribution >= 4 is 33.2 Å². The first-order valence-corrected chi connectivity index (χ1v) is 5.25. The molecule has 0 saturated heterocycles. The summed E-state index contributed by atoms with van der Waals surface area (Å²) in [6.45, 7) is 0. The van der Waals surface area contributed by atoms with Crippen molar-refractivity contribution in [3.8, 4) is 0 Å². The van der Waals surface area contributed by atoms with Crippen LogP contribution in [-0.4, -0.2) is 11.1 Å². The highest BCUT2D eigenvalue weighted by Crippen LogP contribution is 2.23. The van der Waals surface area contributed by atoms with Crippen LogP contribution >= 0.6 is 27.3 Å². The van der Waals surface area contributed by atoms with E-state index in [1.54, 1.807) is 11.3 Å². The van der Waals surface area contributed by atoms with Crippen molar-refractivity contribution in [2.24, 2.45) is 0 Å². The number of aliphatic carboxylic acids is 1. The minimum absolute atomic E-state index is 0.259. The number of carboxylic acids is 1. The number of rotatable bonds is 4. The lowest BCUT2D eigenvalue weighted by molar-refractivity contribution is -0.137. The van der Waals surface area contributed by atoms with E-state index in [-0.39, 0.29) is 6.42 Å². The Kier molecular flexibility index (Phi) is 3.75. The molecule has 0 aliphatic heterocycles. The lowest BCUT2D eigenvalue weighted by atomic mass is 10.2. The van der Waals surface area contributed by atoms with Crippen LogP contribution in [0, 0.1) is 0 Å². The van der Waals surface area contributed by atoms with Gasteiger partial charge in [-0.1, -0.05) is 0 Å². The van der Waals surface area contributed by atoms with E-state index >= 15 is 0 Å². The van der Waals surface area contributed by atoms with Gasteiger partial charge in [-0.25, -0.2) is 0 Å². The molecule has 0 atom stereocenters. The number of hydrogen-bond donors (Lipinski definition) is 1. The first-order chi connectivity index (χ1) is 5.68. The molecule has 4 heteroatoms. The number of aryl methyl sites for hydroxylation is 1. The summed E-state index contributed by atoms with van der Waals surface area (Å²) in [6, 6.07) is 4.01. The molecule has 1 aromatic heterocycles. The lowest BCUT2D eigenvalue weighted by Crippen LogP contribution is -1.94. The zero-order valence-corrected chi connectivity index (χ0v) is 8.82. The maximum atomic E-state index is 10.2. The molecule has 0 fully saturated rings. The van der Waals surface area contributed by atoms with Crippen molar-refractivity contribution < 1.29 is 9.90 Å². The molecule has 1 heterocycles. The van der Waals surface area contributed by atoms with Gasteiger partial charge in [0.2, 0.25) is 0 Å². The molecule has 0 saturated carbocycles. The van der Waals surface area contributed by atoms with E-state index in [0.29, 0.717) is 0 Å². The predicted octanol–water partition coefficient (Wildman–Crippen LogP) is 2.92. The molecular formula is C8H9BrO2S. The van der Waals surface area contributed by atoms with Gasteiger partial charge in [0, 0.05) is 11.3 Å². The Hall–Kier alpha value is -0.350. The topological polar surface area (TPSA) is 37.3 Å². The Labute approximate surface area is 83.4 Å². The van der Waals surface area contributed by atoms with Crippen molar-refractivity contribution in [2.75, 3.05) is 0 Å². The van der Waals surface area contributed by atoms with Gasteiger partial charge in [0.25, 0.3) is 0 Å². The van der Waals surface area contributed by atoms with E-state index in [2.05, 4.69) is 15.9 Å². The number of halogens is 1. The van der Waals surface area contributed by atoms with E-state index < -0.39 is 5.97 Å². The van der Waals surface area contributed by atoms with Gasteiger partial charge in [-0.05, 0) is 40.9 Å². The molecular weight excluding hydrogens is 240 g/mol. The van der Waals surface area contributed by atoms with Crippen LogP contribution in [0.1, 0.15) is 17.7 Å². The monoisotopic (exact) mass is 248 g/mol. The Bertz CT molecular complexity index is 270. The fourth-order valence-corrected chi connectivity index (χ4v) is 2.42. The van der Waals surface area contributed by atoms with Crippen LogP contribution < -0.4 is 0 Å².